The molecule has 0 saturated carbocycles. The van der Waals surface area contributed by atoms with Gasteiger partial charge in [0, 0.05) is 11.8 Å². The van der Waals surface area contributed by atoms with Gasteiger partial charge in [-0.05, 0) is 24.3 Å². The summed E-state index contributed by atoms with van der Waals surface area (Å²) in [6.07, 6.45) is 2.06. The van der Waals surface area contributed by atoms with Crippen LogP contribution in [0.3, 0.4) is 0 Å². The van der Waals surface area contributed by atoms with Gasteiger partial charge in [0.2, 0.25) is 0 Å². The molecule has 0 bridgehead atoms. The fourth-order valence-electron chi connectivity index (χ4n) is 0.804. The lowest BCUT2D eigenvalue weighted by Gasteiger charge is -2.26. The van der Waals surface area contributed by atoms with Crippen LogP contribution in [-0.2, 0) is 0 Å². The van der Waals surface area contributed by atoms with Gasteiger partial charge in [-0.3, -0.25) is 13.9 Å². The van der Waals surface area contributed by atoms with E-state index in [2.05, 4.69) is 0 Å². The molecule has 0 spiro atoms. The van der Waals surface area contributed by atoms with E-state index in [1.54, 1.807) is 24.3 Å². The second-order valence-corrected chi connectivity index (χ2v) is 4.66. The summed E-state index contributed by atoms with van der Waals surface area (Å²) < 4.78 is 18.4. The average Bonchev–Trinajstić information content (AvgIpc) is 2.03. The van der Waals surface area contributed by atoms with E-state index in [1.807, 2.05) is 0 Å². The molecule has 0 atom stereocenters. The Hall–Kier alpha value is -0.840. The van der Waals surface area contributed by atoms with E-state index in [9.17, 15) is 13.9 Å². The fraction of sp³-hybridized carbons (Fsp3) is 0.125. The summed E-state index contributed by atoms with van der Waals surface area (Å²) in [5, 5.41) is 0. The Morgan fingerprint density at radius 3 is 2.08 bits per heavy atom. The number of benzene rings is 1. The molecule has 0 unspecified atom stereocenters. The highest BCUT2D eigenvalue weighted by Gasteiger charge is 2.06. The van der Waals surface area contributed by atoms with Gasteiger partial charge in [0.25, 0.3) is 0 Å². The third kappa shape index (κ3) is 2.07. The summed E-state index contributed by atoms with van der Waals surface area (Å²) in [4.78, 5) is 10.7. The predicted molar refractivity (Wildman–Crippen MR) is 48.9 cm³/mol. The summed E-state index contributed by atoms with van der Waals surface area (Å²) in [6, 6.07) is 6.19. The largest absolute Gasteiger partial charge is 0.298 e. The first kappa shape index (κ1) is 9.25. The van der Waals surface area contributed by atoms with Crippen LogP contribution in [0, 0.1) is 0 Å². The van der Waals surface area contributed by atoms with Gasteiger partial charge in [0.1, 0.15) is 6.29 Å². The van der Waals surface area contributed by atoms with E-state index in [0.29, 0.717) is 16.7 Å². The Morgan fingerprint density at radius 2 is 1.75 bits per heavy atom. The van der Waals surface area contributed by atoms with Gasteiger partial charge >= 0.3 is 0 Å². The Bertz CT molecular complexity index is 273. The van der Waals surface area contributed by atoms with Gasteiger partial charge in [-0.15, -0.1) is 0 Å². The van der Waals surface area contributed by atoms with Crippen LogP contribution in [-0.4, -0.2) is 21.6 Å². The summed E-state index contributed by atoms with van der Waals surface area (Å²) >= 11 is 0. The van der Waals surface area contributed by atoms with Gasteiger partial charge in [-0.2, -0.15) is 10.6 Å². The molecule has 0 aliphatic carbocycles. The lowest BCUT2D eigenvalue weighted by molar-refractivity contribution is 0.112. The molecule has 0 aliphatic heterocycles. The summed E-state index contributed by atoms with van der Waals surface area (Å²) in [5.74, 6) is 0. The maximum atomic E-state index is 10.2. The number of carbonyl (C=O) groups is 1. The highest BCUT2D eigenvalue weighted by atomic mass is 32.3. The number of carbonyl (C=O) groups excluding carboxylic acids is 1. The molecule has 66 valence electrons. The SMILES string of the molecule is CS(O)(O)c1ccc(C=O)cc1. The zero-order chi connectivity index (χ0) is 9.19. The Kier molecular flexibility index (Phi) is 2.52. The molecule has 1 rings (SSSR count). The molecule has 0 aliphatic rings. The minimum Gasteiger partial charge on any atom is -0.298 e. The monoisotopic (exact) mass is 186 g/mol. The van der Waals surface area contributed by atoms with Crippen molar-refractivity contribution in [2.24, 2.45) is 0 Å². The molecule has 0 radical (unpaired) electrons. The van der Waals surface area contributed by atoms with Crippen LogP contribution in [0.25, 0.3) is 0 Å². The van der Waals surface area contributed by atoms with Crippen LogP contribution in [0.1, 0.15) is 10.4 Å². The number of aldehydes is 1. The Balaban J connectivity index is 3.00. The van der Waals surface area contributed by atoms with E-state index in [1.165, 1.54) is 6.26 Å². The second-order valence-electron chi connectivity index (χ2n) is 2.52. The zero-order valence-electron chi connectivity index (χ0n) is 6.60. The highest BCUT2D eigenvalue weighted by molar-refractivity contribution is 8.23. The highest BCUT2D eigenvalue weighted by Crippen LogP contribution is 2.43. The van der Waals surface area contributed by atoms with Crippen molar-refractivity contribution >= 4 is 16.9 Å². The molecule has 1 aromatic carbocycles. The molecule has 0 amide bonds. The van der Waals surface area contributed by atoms with Crippen LogP contribution in [0.4, 0.5) is 0 Å². The Morgan fingerprint density at radius 1 is 1.25 bits per heavy atom. The van der Waals surface area contributed by atoms with Crippen LogP contribution in [0.5, 0.6) is 0 Å². The Labute approximate surface area is 72.4 Å². The third-order valence-electron chi connectivity index (χ3n) is 1.46. The fourth-order valence-corrected chi connectivity index (χ4v) is 1.46. The van der Waals surface area contributed by atoms with Crippen molar-refractivity contribution in [2.45, 2.75) is 4.90 Å². The number of rotatable bonds is 2. The molecule has 0 fully saturated rings. The molecule has 1 aromatic rings. The molecule has 0 aromatic heterocycles. The molecule has 0 heterocycles. The predicted octanol–water partition coefficient (Wildman–Crippen LogP) is 2.24. The maximum absolute atomic E-state index is 10.2. The van der Waals surface area contributed by atoms with E-state index < -0.39 is 10.6 Å². The van der Waals surface area contributed by atoms with Gasteiger partial charge in [0.05, 0.1) is 4.90 Å². The first-order valence-electron chi connectivity index (χ1n) is 3.32. The smallest absolute Gasteiger partial charge is 0.150 e. The summed E-state index contributed by atoms with van der Waals surface area (Å²) in [6.45, 7) is 0. The molecular weight excluding hydrogens is 176 g/mol. The lowest BCUT2D eigenvalue weighted by atomic mass is 10.2. The summed E-state index contributed by atoms with van der Waals surface area (Å²) in [7, 11) is -2.64. The topological polar surface area (TPSA) is 57.5 Å². The van der Waals surface area contributed by atoms with Crippen LogP contribution >= 0.6 is 10.6 Å². The van der Waals surface area contributed by atoms with Crippen LogP contribution < -0.4 is 0 Å². The van der Waals surface area contributed by atoms with Gasteiger partial charge in [0.15, 0.2) is 0 Å². The molecule has 4 heteroatoms. The first-order chi connectivity index (χ1) is 5.54. The van der Waals surface area contributed by atoms with E-state index >= 15 is 0 Å². The average molecular weight is 186 g/mol. The lowest BCUT2D eigenvalue weighted by Crippen LogP contribution is -1.94. The van der Waals surface area contributed by atoms with E-state index in [-0.39, 0.29) is 0 Å². The van der Waals surface area contributed by atoms with Crippen molar-refractivity contribution in [3.8, 4) is 0 Å². The number of hydrogen-bond acceptors (Lipinski definition) is 3. The van der Waals surface area contributed by atoms with Gasteiger partial charge in [-0.25, -0.2) is 0 Å². The van der Waals surface area contributed by atoms with E-state index in [0.717, 1.165) is 0 Å². The third-order valence-corrected chi connectivity index (χ3v) is 2.63. The zero-order valence-corrected chi connectivity index (χ0v) is 7.41. The molecular formula is C8H10O3S. The van der Waals surface area contributed by atoms with Crippen molar-refractivity contribution < 1.29 is 13.9 Å². The quantitative estimate of drug-likeness (QED) is 0.696. The van der Waals surface area contributed by atoms with Gasteiger partial charge < -0.3 is 0 Å². The minimum atomic E-state index is -2.64. The second kappa shape index (κ2) is 3.26. The number of hydrogen-bond donors (Lipinski definition) is 2. The minimum absolute atomic E-state index is 0.452. The van der Waals surface area contributed by atoms with Crippen LogP contribution in [0.2, 0.25) is 0 Å². The molecule has 3 nitrogen and oxygen atoms in total. The van der Waals surface area contributed by atoms with Gasteiger partial charge in [-0.1, -0.05) is 0 Å². The molecule has 0 saturated heterocycles. The van der Waals surface area contributed by atoms with Crippen molar-refractivity contribution in [1.82, 2.24) is 0 Å². The van der Waals surface area contributed by atoms with Crippen LogP contribution in [0.15, 0.2) is 29.2 Å². The van der Waals surface area contributed by atoms with E-state index in [4.69, 9.17) is 0 Å². The summed E-state index contributed by atoms with van der Waals surface area (Å²) in [5.41, 5.74) is 0.530. The maximum Gasteiger partial charge on any atom is 0.150 e. The standard InChI is InChI=1S/C8H10O3S/c1-12(10,11)8-4-2-7(6-9)3-5-8/h2-6,10-11H,1H3. The van der Waals surface area contributed by atoms with Crippen molar-refractivity contribution in [3.63, 3.8) is 0 Å². The van der Waals surface area contributed by atoms with Crippen molar-refractivity contribution in [3.05, 3.63) is 29.8 Å². The normalized spacial score (nSPS) is 12.6. The molecule has 12 heavy (non-hydrogen) atoms. The van der Waals surface area contributed by atoms with Crippen molar-refractivity contribution in [1.29, 1.82) is 0 Å². The molecule has 2 N–H and O–H groups in total. The first-order valence-corrected chi connectivity index (χ1v) is 5.28. The van der Waals surface area contributed by atoms with Crippen molar-refractivity contribution in [2.75, 3.05) is 6.26 Å².